The van der Waals surface area contributed by atoms with E-state index in [9.17, 15) is 22.8 Å². The topological polar surface area (TPSA) is 81.6 Å². The Labute approximate surface area is 255 Å². The maximum Gasteiger partial charge on any atom is 0.421 e. The van der Waals surface area contributed by atoms with Crippen molar-refractivity contribution in [3.8, 4) is 11.6 Å². The second-order valence-corrected chi connectivity index (χ2v) is 11.9. The molecular formula is C34H38F3N3O4. The van der Waals surface area contributed by atoms with Crippen LogP contribution in [0.4, 0.5) is 18.9 Å². The van der Waals surface area contributed by atoms with Crippen LogP contribution in [-0.2, 0) is 22.1 Å². The average Bonchev–Trinajstić information content (AvgIpc) is 3.03. The van der Waals surface area contributed by atoms with Gasteiger partial charge in [-0.05, 0) is 86.4 Å². The van der Waals surface area contributed by atoms with E-state index >= 15 is 0 Å². The number of benzene rings is 1. The molecule has 2 fully saturated rings. The first-order valence-electron chi connectivity index (χ1n) is 15.3. The average molecular weight is 610 g/mol. The van der Waals surface area contributed by atoms with Crippen molar-refractivity contribution in [1.82, 2.24) is 9.97 Å². The number of carbonyl (C=O) groups excluding carboxylic acids is 2. The van der Waals surface area contributed by atoms with E-state index in [-0.39, 0.29) is 35.6 Å². The molecule has 2 saturated carbocycles. The number of alkyl halides is 3. The maximum atomic E-state index is 14.1. The molecule has 0 bridgehead atoms. The number of rotatable bonds is 8. The van der Waals surface area contributed by atoms with Crippen LogP contribution >= 0.6 is 0 Å². The highest BCUT2D eigenvalue weighted by molar-refractivity contribution is 6.04. The van der Waals surface area contributed by atoms with Gasteiger partial charge in [-0.25, -0.2) is 9.78 Å². The number of ether oxygens (including phenoxy) is 2. The van der Waals surface area contributed by atoms with E-state index in [4.69, 9.17) is 9.47 Å². The molecule has 44 heavy (non-hydrogen) atoms. The van der Waals surface area contributed by atoms with Gasteiger partial charge in [0.05, 0.1) is 18.4 Å². The Balaban J connectivity index is 1.48. The fourth-order valence-electron chi connectivity index (χ4n) is 6.30. The molecule has 2 aliphatic rings. The molecule has 0 aliphatic heterocycles. The first-order valence-corrected chi connectivity index (χ1v) is 15.3. The highest BCUT2D eigenvalue weighted by Crippen LogP contribution is 2.40. The maximum absolute atomic E-state index is 14.1. The number of nitrogens with zero attached hydrogens (tertiary/aromatic N) is 3. The minimum Gasteiger partial charge on any atom is -0.465 e. The number of esters is 1. The molecule has 2 aromatic heterocycles. The van der Waals surface area contributed by atoms with Crippen LogP contribution in [0.15, 0.2) is 54.9 Å². The van der Waals surface area contributed by atoms with Crippen molar-refractivity contribution in [3.05, 3.63) is 77.2 Å². The fraction of sp³-hybridized carbons (Fsp3) is 0.471. The highest BCUT2D eigenvalue weighted by atomic mass is 19.4. The van der Waals surface area contributed by atoms with Crippen molar-refractivity contribution in [2.45, 2.75) is 83.4 Å². The molecule has 0 N–H and O–H groups in total. The smallest absolute Gasteiger partial charge is 0.421 e. The number of anilines is 1. The van der Waals surface area contributed by atoms with Gasteiger partial charge in [0.25, 0.3) is 0 Å². The molecule has 2 aliphatic carbocycles. The Bertz CT molecular complexity index is 1450. The summed E-state index contributed by atoms with van der Waals surface area (Å²) in [5.74, 6) is -0.936. The van der Waals surface area contributed by atoms with Gasteiger partial charge in [-0.1, -0.05) is 32.3 Å². The van der Waals surface area contributed by atoms with Crippen molar-refractivity contribution in [2.24, 2.45) is 11.8 Å². The zero-order valence-electron chi connectivity index (χ0n) is 25.1. The lowest BCUT2D eigenvalue weighted by Crippen LogP contribution is -2.46. The Hall–Kier alpha value is -3.95. The molecule has 5 rings (SSSR count). The van der Waals surface area contributed by atoms with Crippen LogP contribution < -0.4 is 9.64 Å². The number of halogens is 3. The van der Waals surface area contributed by atoms with Crippen molar-refractivity contribution in [3.63, 3.8) is 0 Å². The third-order valence-corrected chi connectivity index (χ3v) is 8.71. The fourth-order valence-corrected chi connectivity index (χ4v) is 6.30. The van der Waals surface area contributed by atoms with Gasteiger partial charge >= 0.3 is 12.1 Å². The molecule has 1 amide bonds. The minimum absolute atomic E-state index is 0.00728. The lowest BCUT2D eigenvalue weighted by Gasteiger charge is -2.38. The zero-order chi connectivity index (χ0) is 31.3. The molecule has 7 nitrogen and oxygen atoms in total. The second-order valence-electron chi connectivity index (χ2n) is 11.9. The molecule has 0 radical (unpaired) electrons. The summed E-state index contributed by atoms with van der Waals surface area (Å²) in [6.07, 6.45) is 6.54. The summed E-state index contributed by atoms with van der Waals surface area (Å²) >= 11 is 0. The van der Waals surface area contributed by atoms with Gasteiger partial charge in [0.1, 0.15) is 11.3 Å². The Morgan fingerprint density at radius 3 is 2.36 bits per heavy atom. The normalized spacial score (nSPS) is 19.3. The highest BCUT2D eigenvalue weighted by Gasteiger charge is 2.37. The van der Waals surface area contributed by atoms with Gasteiger partial charge in [0.2, 0.25) is 11.8 Å². The first-order chi connectivity index (χ1) is 21.1. The summed E-state index contributed by atoms with van der Waals surface area (Å²) in [5.41, 5.74) is 0.352. The van der Waals surface area contributed by atoms with Crippen molar-refractivity contribution in [1.29, 1.82) is 0 Å². The summed E-state index contributed by atoms with van der Waals surface area (Å²) < 4.78 is 53.2. The van der Waals surface area contributed by atoms with E-state index in [0.29, 0.717) is 22.9 Å². The Kier molecular flexibility index (Phi) is 9.86. The van der Waals surface area contributed by atoms with E-state index in [2.05, 4.69) is 16.9 Å². The molecule has 0 saturated heterocycles. The van der Waals surface area contributed by atoms with Crippen molar-refractivity contribution >= 4 is 17.6 Å². The predicted molar refractivity (Wildman–Crippen MR) is 160 cm³/mol. The molecule has 1 aromatic carbocycles. The van der Waals surface area contributed by atoms with Crippen molar-refractivity contribution in [2.75, 3.05) is 12.0 Å². The van der Waals surface area contributed by atoms with E-state index < -0.39 is 23.6 Å². The molecule has 0 unspecified atom stereocenters. The first kappa shape index (κ1) is 31.5. The lowest BCUT2D eigenvalue weighted by molar-refractivity contribution is -0.139. The van der Waals surface area contributed by atoms with Gasteiger partial charge in [-0.3, -0.25) is 9.78 Å². The zero-order valence-corrected chi connectivity index (χ0v) is 25.1. The molecule has 234 valence electrons. The van der Waals surface area contributed by atoms with E-state index in [0.717, 1.165) is 63.9 Å². The van der Waals surface area contributed by atoms with Gasteiger partial charge in [0, 0.05) is 36.5 Å². The summed E-state index contributed by atoms with van der Waals surface area (Å²) in [6.45, 7) is 2.20. The van der Waals surface area contributed by atoms with Crippen molar-refractivity contribution < 1.29 is 32.2 Å². The number of pyridine rings is 2. The van der Waals surface area contributed by atoms with Crippen LogP contribution in [0.5, 0.6) is 11.6 Å². The van der Waals surface area contributed by atoms with Crippen LogP contribution in [0.2, 0.25) is 0 Å². The number of hydrogen-bond acceptors (Lipinski definition) is 6. The lowest BCUT2D eigenvalue weighted by atomic mass is 9.81. The molecule has 3 aromatic rings. The monoisotopic (exact) mass is 609 g/mol. The summed E-state index contributed by atoms with van der Waals surface area (Å²) in [6, 6.07) is 10.6. The molecule has 2 heterocycles. The van der Waals surface area contributed by atoms with E-state index in [1.807, 2.05) is 0 Å². The predicted octanol–water partition coefficient (Wildman–Crippen LogP) is 8.16. The number of methoxy groups -OCH3 is 1. The molecule has 0 spiro atoms. The Morgan fingerprint density at radius 1 is 0.955 bits per heavy atom. The van der Waals surface area contributed by atoms with Crippen LogP contribution in [0.1, 0.15) is 91.9 Å². The summed E-state index contributed by atoms with van der Waals surface area (Å²) in [4.78, 5) is 37.1. The number of amides is 1. The van der Waals surface area contributed by atoms with Gasteiger partial charge in [-0.2, -0.15) is 13.2 Å². The quantitative estimate of drug-likeness (QED) is 0.240. The van der Waals surface area contributed by atoms with Gasteiger partial charge in [0.15, 0.2) is 0 Å². The SMILES string of the molecule is COC(=O)c1cc(Oc2ncc(Cc3ccccn3)cc2C(F)(F)F)ccc1N(C(=O)[C@H]1CC[C@H](C)CC1)C1CCCCC1. The summed E-state index contributed by atoms with van der Waals surface area (Å²) in [5, 5.41) is 0. The van der Waals surface area contributed by atoms with Gasteiger partial charge in [-0.15, -0.1) is 0 Å². The van der Waals surface area contributed by atoms with Gasteiger partial charge < -0.3 is 14.4 Å². The van der Waals surface area contributed by atoms with Crippen LogP contribution in [0.3, 0.4) is 0 Å². The minimum atomic E-state index is -4.74. The standard InChI is InChI=1S/C34H38F3N3O4/c1-22-11-13-24(14-12-22)32(41)40(26-9-4-3-5-10-26)30-16-15-27(20-28(30)33(42)43-2)44-31-29(34(35,36)37)19-23(21-39-31)18-25-8-6-7-17-38-25/h6-8,15-17,19-22,24,26H,3-5,9-14,18H2,1-2H3/t22-,24-. The molecule has 0 atom stereocenters. The van der Waals surface area contributed by atoms with E-state index in [1.54, 1.807) is 35.4 Å². The second kappa shape index (κ2) is 13.8. The van der Waals surface area contributed by atoms with Crippen LogP contribution in [-0.4, -0.2) is 35.0 Å². The van der Waals surface area contributed by atoms with Crippen LogP contribution in [0, 0.1) is 11.8 Å². The third kappa shape index (κ3) is 7.39. The number of aromatic nitrogens is 2. The molecular weight excluding hydrogens is 571 g/mol. The van der Waals surface area contributed by atoms with E-state index in [1.165, 1.54) is 25.4 Å². The Morgan fingerprint density at radius 2 is 1.70 bits per heavy atom. The largest absolute Gasteiger partial charge is 0.465 e. The summed E-state index contributed by atoms with van der Waals surface area (Å²) in [7, 11) is 1.23. The number of hydrogen-bond donors (Lipinski definition) is 0. The van der Waals surface area contributed by atoms with Crippen LogP contribution in [0.25, 0.3) is 0 Å². The molecule has 10 heteroatoms. The number of carbonyl (C=O) groups is 2. The third-order valence-electron chi connectivity index (χ3n) is 8.71.